The van der Waals surface area contributed by atoms with Crippen molar-refractivity contribution in [3.8, 4) is 0 Å². The summed E-state index contributed by atoms with van der Waals surface area (Å²) in [7, 11) is 0. The van der Waals surface area contributed by atoms with Crippen molar-refractivity contribution in [2.75, 3.05) is 5.32 Å². The molecule has 0 saturated heterocycles. The number of halogens is 1. The number of carbonyl (C=O) groups excluding carboxylic acids is 1. The van der Waals surface area contributed by atoms with Gasteiger partial charge in [0.05, 0.1) is 11.3 Å². The Bertz CT molecular complexity index is 664. The number of aliphatic hydroxyl groups excluding tert-OH is 1. The monoisotopic (exact) mass is 291 g/mol. The van der Waals surface area contributed by atoms with Crippen LogP contribution in [0.1, 0.15) is 35.0 Å². The van der Waals surface area contributed by atoms with E-state index in [0.29, 0.717) is 29.2 Å². The summed E-state index contributed by atoms with van der Waals surface area (Å²) in [5.74, 6) is 0.446. The van der Waals surface area contributed by atoms with Crippen LogP contribution < -0.4 is 5.32 Å². The molecule has 2 N–H and O–H groups in total. The Hall–Kier alpha value is -1.78. The molecular weight excluding hydrogens is 278 g/mol. The van der Waals surface area contributed by atoms with Gasteiger partial charge in [-0.05, 0) is 42.7 Å². The van der Waals surface area contributed by atoms with Crippen molar-refractivity contribution in [3.05, 3.63) is 51.9 Å². The molecule has 0 aliphatic carbocycles. The lowest BCUT2D eigenvalue weighted by Gasteiger charge is -2.23. The maximum Gasteiger partial charge on any atom is 0.224 e. The maximum absolute atomic E-state index is 11.5. The third kappa shape index (κ3) is 2.11. The van der Waals surface area contributed by atoms with Gasteiger partial charge in [-0.15, -0.1) is 0 Å². The van der Waals surface area contributed by atoms with Crippen molar-refractivity contribution in [3.63, 3.8) is 0 Å². The molecule has 104 valence electrons. The van der Waals surface area contributed by atoms with Crippen LogP contribution in [0.25, 0.3) is 0 Å². The zero-order valence-corrected chi connectivity index (χ0v) is 11.7. The largest absolute Gasteiger partial charge is 0.466 e. The summed E-state index contributed by atoms with van der Waals surface area (Å²) in [6, 6.07) is 5.27. The van der Waals surface area contributed by atoms with Gasteiger partial charge in [0.2, 0.25) is 5.91 Å². The van der Waals surface area contributed by atoms with Gasteiger partial charge >= 0.3 is 0 Å². The smallest absolute Gasteiger partial charge is 0.224 e. The van der Waals surface area contributed by atoms with Gasteiger partial charge in [0.25, 0.3) is 0 Å². The second kappa shape index (κ2) is 4.96. The Morgan fingerprint density at radius 1 is 1.45 bits per heavy atom. The zero-order chi connectivity index (χ0) is 14.3. The van der Waals surface area contributed by atoms with Crippen molar-refractivity contribution in [1.29, 1.82) is 0 Å². The Morgan fingerprint density at radius 2 is 2.25 bits per heavy atom. The topological polar surface area (TPSA) is 62.5 Å². The molecule has 1 aliphatic rings. The van der Waals surface area contributed by atoms with E-state index >= 15 is 0 Å². The quantitative estimate of drug-likeness (QED) is 0.893. The van der Waals surface area contributed by atoms with E-state index in [1.165, 1.54) is 6.26 Å². The van der Waals surface area contributed by atoms with Crippen LogP contribution >= 0.6 is 11.6 Å². The molecule has 1 atom stereocenters. The first-order valence-electron chi connectivity index (χ1n) is 6.41. The Balaban J connectivity index is 2.09. The molecule has 4 nitrogen and oxygen atoms in total. The van der Waals surface area contributed by atoms with Crippen molar-refractivity contribution >= 4 is 23.2 Å². The lowest BCUT2D eigenvalue weighted by molar-refractivity contribution is -0.116. The number of rotatable bonds is 2. The lowest BCUT2D eigenvalue weighted by Crippen LogP contribution is -2.20. The van der Waals surface area contributed by atoms with Gasteiger partial charge in [-0.2, -0.15) is 0 Å². The number of aryl methyl sites for hydroxylation is 1. The number of carbonyl (C=O) groups is 1. The van der Waals surface area contributed by atoms with E-state index in [2.05, 4.69) is 5.32 Å². The third-order valence-corrected chi connectivity index (χ3v) is 4.10. The normalized spacial score (nSPS) is 15.7. The fourth-order valence-corrected chi connectivity index (χ4v) is 2.76. The van der Waals surface area contributed by atoms with Gasteiger partial charge in [-0.3, -0.25) is 4.79 Å². The molecule has 2 heterocycles. The average molecular weight is 292 g/mol. The molecule has 5 heteroatoms. The van der Waals surface area contributed by atoms with Gasteiger partial charge in [0, 0.05) is 17.7 Å². The second-order valence-corrected chi connectivity index (χ2v) is 5.28. The summed E-state index contributed by atoms with van der Waals surface area (Å²) in [6.45, 7) is 1.84. The first-order valence-corrected chi connectivity index (χ1v) is 6.79. The minimum absolute atomic E-state index is 0.00370. The molecule has 1 aromatic carbocycles. The van der Waals surface area contributed by atoms with E-state index in [1.54, 1.807) is 12.1 Å². The molecule has 0 spiro atoms. The highest BCUT2D eigenvalue weighted by Crippen LogP contribution is 2.38. The number of amides is 1. The number of anilines is 1. The van der Waals surface area contributed by atoms with Gasteiger partial charge in [0.1, 0.15) is 11.9 Å². The average Bonchev–Trinajstić information content (AvgIpc) is 2.97. The molecule has 3 rings (SSSR count). The molecule has 1 aliphatic heterocycles. The number of furan rings is 1. The highest BCUT2D eigenvalue weighted by atomic mass is 35.5. The van der Waals surface area contributed by atoms with Crippen LogP contribution in [0, 0.1) is 6.92 Å². The van der Waals surface area contributed by atoms with Gasteiger partial charge in [0.15, 0.2) is 0 Å². The molecule has 0 bridgehead atoms. The highest BCUT2D eigenvalue weighted by Gasteiger charge is 2.24. The molecule has 1 amide bonds. The van der Waals surface area contributed by atoms with Gasteiger partial charge in [-0.1, -0.05) is 11.6 Å². The van der Waals surface area contributed by atoms with Crippen LogP contribution in [0.15, 0.2) is 28.9 Å². The van der Waals surface area contributed by atoms with E-state index in [0.717, 1.165) is 16.8 Å². The van der Waals surface area contributed by atoms with Crippen LogP contribution in [0.3, 0.4) is 0 Å². The van der Waals surface area contributed by atoms with E-state index in [9.17, 15) is 9.90 Å². The Morgan fingerprint density at radius 3 is 2.95 bits per heavy atom. The summed E-state index contributed by atoms with van der Waals surface area (Å²) in [6.07, 6.45) is 1.71. The first-order chi connectivity index (χ1) is 9.58. The Labute approximate surface area is 121 Å². The number of hydrogen-bond donors (Lipinski definition) is 2. The van der Waals surface area contributed by atoms with Crippen molar-refractivity contribution < 1.29 is 14.3 Å². The van der Waals surface area contributed by atoms with E-state index in [4.69, 9.17) is 16.0 Å². The van der Waals surface area contributed by atoms with Crippen LogP contribution in [0.4, 0.5) is 5.69 Å². The van der Waals surface area contributed by atoms with Crippen molar-refractivity contribution in [2.45, 2.75) is 25.9 Å². The number of benzene rings is 1. The molecule has 0 saturated carbocycles. The summed E-state index contributed by atoms with van der Waals surface area (Å²) in [5, 5.41) is 13.7. The molecule has 1 aromatic heterocycles. The van der Waals surface area contributed by atoms with Crippen molar-refractivity contribution in [2.24, 2.45) is 0 Å². The molecule has 20 heavy (non-hydrogen) atoms. The standard InChI is InChI=1S/C15H14ClNO3/c1-8-13(16)10(15(19)11-3-2-6-20-11)7-9-4-5-12(18)17-14(8)9/h2-3,6-7,15,19H,4-5H2,1H3,(H,17,18). The minimum atomic E-state index is -0.904. The van der Waals surface area contributed by atoms with Crippen LogP contribution in [0.2, 0.25) is 5.02 Å². The molecule has 0 fully saturated rings. The summed E-state index contributed by atoms with van der Waals surface area (Å²) in [4.78, 5) is 11.5. The third-order valence-electron chi connectivity index (χ3n) is 3.60. The zero-order valence-electron chi connectivity index (χ0n) is 10.9. The number of hydrogen-bond acceptors (Lipinski definition) is 3. The molecule has 2 aromatic rings. The molecular formula is C15H14ClNO3. The Kier molecular flexibility index (Phi) is 3.28. The fraction of sp³-hybridized carbons (Fsp3) is 0.267. The lowest BCUT2D eigenvalue weighted by atomic mass is 9.94. The molecule has 0 radical (unpaired) electrons. The van der Waals surface area contributed by atoms with Crippen LogP contribution in [-0.2, 0) is 11.2 Å². The van der Waals surface area contributed by atoms with E-state index < -0.39 is 6.10 Å². The van der Waals surface area contributed by atoms with Gasteiger partial charge in [-0.25, -0.2) is 0 Å². The van der Waals surface area contributed by atoms with E-state index in [-0.39, 0.29) is 5.91 Å². The van der Waals surface area contributed by atoms with Crippen molar-refractivity contribution in [1.82, 2.24) is 0 Å². The first kappa shape index (κ1) is 13.2. The number of fused-ring (bicyclic) bond motifs is 1. The summed E-state index contributed by atoms with van der Waals surface area (Å²) in [5.41, 5.74) is 3.14. The predicted octanol–water partition coefficient (Wildman–Crippen LogP) is 3.21. The van der Waals surface area contributed by atoms with Gasteiger partial charge < -0.3 is 14.8 Å². The van der Waals surface area contributed by atoms with E-state index in [1.807, 2.05) is 13.0 Å². The SMILES string of the molecule is Cc1c(Cl)c(C(O)c2ccco2)cc2c1NC(=O)CC2. The van der Waals surface area contributed by atoms with Crippen LogP contribution in [-0.4, -0.2) is 11.0 Å². The predicted molar refractivity (Wildman–Crippen MR) is 75.9 cm³/mol. The fourth-order valence-electron chi connectivity index (χ4n) is 2.51. The second-order valence-electron chi connectivity index (χ2n) is 4.91. The molecule has 1 unspecified atom stereocenters. The highest BCUT2D eigenvalue weighted by molar-refractivity contribution is 6.32. The summed E-state index contributed by atoms with van der Waals surface area (Å²) < 4.78 is 5.23. The van der Waals surface area contributed by atoms with Crippen LogP contribution in [0.5, 0.6) is 0 Å². The number of nitrogens with one attached hydrogen (secondary N) is 1. The maximum atomic E-state index is 11.5. The summed E-state index contributed by atoms with van der Waals surface area (Å²) >= 11 is 6.34. The number of aliphatic hydroxyl groups is 1. The minimum Gasteiger partial charge on any atom is -0.466 e.